The molecule has 23 heavy (non-hydrogen) atoms. The summed E-state index contributed by atoms with van der Waals surface area (Å²) in [5.41, 5.74) is 0.562. The van der Waals surface area contributed by atoms with E-state index in [1.165, 1.54) is 0 Å². The molecule has 0 saturated heterocycles. The Morgan fingerprint density at radius 2 is 1.83 bits per heavy atom. The smallest absolute Gasteiger partial charge is 0.407 e. The molecule has 0 rings (SSSR count). The molecule has 0 bridgehead atoms. The number of hydrogen-bond donors (Lipinski definition) is 2. The first kappa shape index (κ1) is 21.4. The van der Waals surface area contributed by atoms with E-state index in [2.05, 4.69) is 38.0 Å². The minimum absolute atomic E-state index is 0.0354. The molecule has 0 fully saturated rings. The Balaban J connectivity index is 3.74. The first-order valence-corrected chi connectivity index (χ1v) is 8.06. The Labute approximate surface area is 140 Å². The summed E-state index contributed by atoms with van der Waals surface area (Å²) in [6, 6.07) is 0. The largest absolute Gasteiger partial charge is 0.459 e. The van der Waals surface area contributed by atoms with Crippen molar-refractivity contribution in [2.75, 3.05) is 33.4 Å². The van der Waals surface area contributed by atoms with Gasteiger partial charge in [-0.05, 0) is 44.7 Å². The monoisotopic (exact) mass is 328 g/mol. The molecule has 1 unspecified atom stereocenters. The summed E-state index contributed by atoms with van der Waals surface area (Å²) in [4.78, 5) is 22.6. The number of alkyl carbamates (subject to hydrolysis) is 1. The molecule has 0 spiro atoms. The van der Waals surface area contributed by atoms with E-state index in [0.717, 1.165) is 19.4 Å². The normalized spacial score (nSPS) is 12.4. The van der Waals surface area contributed by atoms with Crippen LogP contribution in [0.1, 0.15) is 40.5 Å². The molecule has 6 nitrogen and oxygen atoms in total. The van der Waals surface area contributed by atoms with Gasteiger partial charge in [0.2, 0.25) is 0 Å². The first-order chi connectivity index (χ1) is 10.7. The van der Waals surface area contributed by atoms with Crippen LogP contribution in [-0.4, -0.2) is 45.4 Å². The summed E-state index contributed by atoms with van der Waals surface area (Å²) in [7, 11) is 1.96. The van der Waals surface area contributed by atoms with Crippen molar-refractivity contribution in [2.24, 2.45) is 11.3 Å². The predicted molar refractivity (Wildman–Crippen MR) is 91.2 cm³/mol. The molecule has 0 aromatic heterocycles. The highest BCUT2D eigenvalue weighted by molar-refractivity contribution is 5.86. The Bertz CT molecular complexity index is 394. The molecule has 6 heteroatoms. The maximum absolute atomic E-state index is 11.5. The Morgan fingerprint density at radius 1 is 1.22 bits per heavy atom. The van der Waals surface area contributed by atoms with E-state index in [4.69, 9.17) is 9.47 Å². The molecule has 0 aliphatic rings. The van der Waals surface area contributed by atoms with Crippen LogP contribution in [0.15, 0.2) is 12.2 Å². The van der Waals surface area contributed by atoms with E-state index in [9.17, 15) is 9.59 Å². The maximum atomic E-state index is 11.5. The highest BCUT2D eigenvalue weighted by atomic mass is 16.6. The number of carbonyl (C=O) groups is 2. The highest BCUT2D eigenvalue weighted by Gasteiger charge is 2.20. The predicted octanol–water partition coefficient (Wildman–Crippen LogP) is 2.49. The van der Waals surface area contributed by atoms with Crippen LogP contribution in [0.25, 0.3) is 0 Å². The molecule has 0 radical (unpaired) electrons. The number of ether oxygens (including phenoxy) is 2. The molecule has 0 heterocycles. The fourth-order valence-corrected chi connectivity index (χ4v) is 2.46. The van der Waals surface area contributed by atoms with Crippen molar-refractivity contribution in [3.8, 4) is 0 Å². The third kappa shape index (κ3) is 11.6. The molecule has 0 aromatic carbocycles. The van der Waals surface area contributed by atoms with Gasteiger partial charge < -0.3 is 20.1 Å². The summed E-state index contributed by atoms with van der Waals surface area (Å²) >= 11 is 0. The fraction of sp³-hybridized carbons (Fsp3) is 0.765. The number of rotatable bonds is 11. The number of amides is 1. The third-order valence-corrected chi connectivity index (χ3v) is 3.36. The van der Waals surface area contributed by atoms with E-state index in [0.29, 0.717) is 18.0 Å². The quantitative estimate of drug-likeness (QED) is 0.346. The van der Waals surface area contributed by atoms with Crippen molar-refractivity contribution in [2.45, 2.75) is 40.5 Å². The van der Waals surface area contributed by atoms with Crippen LogP contribution in [-0.2, 0) is 14.3 Å². The molecule has 0 aromatic rings. The lowest BCUT2D eigenvalue weighted by molar-refractivity contribution is -0.139. The van der Waals surface area contributed by atoms with Gasteiger partial charge in [-0.3, -0.25) is 0 Å². The van der Waals surface area contributed by atoms with Crippen LogP contribution >= 0.6 is 0 Å². The van der Waals surface area contributed by atoms with Gasteiger partial charge in [-0.15, -0.1) is 0 Å². The Hall–Kier alpha value is -1.56. The van der Waals surface area contributed by atoms with Gasteiger partial charge in [-0.2, -0.15) is 0 Å². The highest BCUT2D eigenvalue weighted by Crippen LogP contribution is 2.25. The van der Waals surface area contributed by atoms with Crippen molar-refractivity contribution in [3.05, 3.63) is 12.2 Å². The molecular formula is C17H32N2O4. The summed E-state index contributed by atoms with van der Waals surface area (Å²) < 4.78 is 9.75. The van der Waals surface area contributed by atoms with Gasteiger partial charge in [0.15, 0.2) is 0 Å². The number of hydrogen-bond acceptors (Lipinski definition) is 5. The van der Waals surface area contributed by atoms with E-state index in [-0.39, 0.29) is 18.6 Å². The molecule has 0 aliphatic carbocycles. The second-order valence-corrected chi connectivity index (χ2v) is 6.77. The van der Waals surface area contributed by atoms with Gasteiger partial charge in [0.25, 0.3) is 0 Å². The van der Waals surface area contributed by atoms with Crippen molar-refractivity contribution < 1.29 is 19.1 Å². The maximum Gasteiger partial charge on any atom is 0.407 e. The number of nitrogens with one attached hydrogen (secondary N) is 2. The SMILES string of the molecule is C=C(C)C(=O)OCCOC(=O)NCCC(C)CC(C)(C)CNC. The van der Waals surface area contributed by atoms with Crippen LogP contribution in [0.2, 0.25) is 0 Å². The molecule has 0 saturated carbocycles. The van der Waals surface area contributed by atoms with Gasteiger partial charge in [-0.1, -0.05) is 27.4 Å². The van der Waals surface area contributed by atoms with Crippen LogP contribution in [0.4, 0.5) is 4.79 Å². The zero-order chi connectivity index (χ0) is 17.9. The fourth-order valence-electron chi connectivity index (χ4n) is 2.46. The van der Waals surface area contributed by atoms with E-state index in [1.807, 2.05) is 7.05 Å². The number of carbonyl (C=O) groups excluding carboxylic acids is 2. The van der Waals surface area contributed by atoms with E-state index in [1.54, 1.807) is 6.92 Å². The van der Waals surface area contributed by atoms with Crippen molar-refractivity contribution in [3.63, 3.8) is 0 Å². The lowest BCUT2D eigenvalue weighted by Crippen LogP contribution is -2.31. The van der Waals surface area contributed by atoms with Crippen molar-refractivity contribution in [1.82, 2.24) is 10.6 Å². The average molecular weight is 328 g/mol. The van der Waals surface area contributed by atoms with Crippen LogP contribution in [0.3, 0.4) is 0 Å². The molecule has 1 atom stereocenters. The minimum Gasteiger partial charge on any atom is -0.459 e. The summed E-state index contributed by atoms with van der Waals surface area (Å²) in [5, 5.41) is 5.91. The second kappa shape index (κ2) is 11.0. The van der Waals surface area contributed by atoms with E-state index < -0.39 is 12.1 Å². The third-order valence-electron chi connectivity index (χ3n) is 3.36. The molecule has 2 N–H and O–H groups in total. The minimum atomic E-state index is -0.488. The zero-order valence-corrected chi connectivity index (χ0v) is 15.2. The molecule has 1 amide bonds. The van der Waals surface area contributed by atoms with Gasteiger partial charge in [0, 0.05) is 12.1 Å². The standard InChI is InChI=1S/C17H32N2O4/c1-13(2)15(20)22-9-10-23-16(21)19-8-7-14(3)11-17(4,5)12-18-6/h14,18H,1,7-12H2,2-6H3,(H,19,21). The summed E-state index contributed by atoms with van der Waals surface area (Å²) in [5.74, 6) is 0.0298. The molecule has 134 valence electrons. The number of esters is 1. The zero-order valence-electron chi connectivity index (χ0n) is 15.2. The molecular weight excluding hydrogens is 296 g/mol. The second-order valence-electron chi connectivity index (χ2n) is 6.77. The summed E-state index contributed by atoms with van der Waals surface area (Å²) in [6.45, 7) is 13.3. The lowest BCUT2D eigenvalue weighted by Gasteiger charge is -2.27. The van der Waals surface area contributed by atoms with Gasteiger partial charge >= 0.3 is 12.1 Å². The van der Waals surface area contributed by atoms with Gasteiger partial charge in [-0.25, -0.2) is 9.59 Å². The van der Waals surface area contributed by atoms with E-state index >= 15 is 0 Å². The van der Waals surface area contributed by atoms with Crippen molar-refractivity contribution >= 4 is 12.1 Å². The van der Waals surface area contributed by atoms with Gasteiger partial charge in [0.05, 0.1) is 0 Å². The van der Waals surface area contributed by atoms with Gasteiger partial charge in [0.1, 0.15) is 13.2 Å². The molecule has 0 aliphatic heterocycles. The first-order valence-electron chi connectivity index (χ1n) is 8.06. The summed E-state index contributed by atoms with van der Waals surface area (Å²) in [6.07, 6.45) is 1.49. The van der Waals surface area contributed by atoms with Crippen LogP contribution in [0.5, 0.6) is 0 Å². The topological polar surface area (TPSA) is 76.7 Å². The van der Waals surface area contributed by atoms with Crippen LogP contribution in [0, 0.1) is 11.3 Å². The van der Waals surface area contributed by atoms with Crippen molar-refractivity contribution in [1.29, 1.82) is 0 Å². The Morgan fingerprint density at radius 3 is 2.39 bits per heavy atom. The average Bonchev–Trinajstić information content (AvgIpc) is 2.42. The Kier molecular flexibility index (Phi) is 10.3. The lowest BCUT2D eigenvalue weighted by atomic mass is 9.82. The van der Waals surface area contributed by atoms with Crippen LogP contribution < -0.4 is 10.6 Å².